The largest absolute Gasteiger partial charge is 0.459 e. The van der Waals surface area contributed by atoms with E-state index < -0.39 is 0 Å². The molecule has 3 heterocycles. The minimum atomic E-state index is -0.379. The maximum absolute atomic E-state index is 12.3. The smallest absolute Gasteiger partial charge is 0.293 e. The highest BCUT2D eigenvalue weighted by Gasteiger charge is 2.13. The molecule has 0 bridgehead atoms. The van der Waals surface area contributed by atoms with Crippen LogP contribution >= 0.6 is 22.7 Å². The molecular weight excluding hydrogens is 408 g/mol. The SMILES string of the molecule is Cc1nc(-c2ccc(NC(=O)Cc3csc(NC(=O)c4ccco4)n3)cc2)cs1. The average Bonchev–Trinajstić information content (AvgIpc) is 3.45. The Balaban J connectivity index is 1.33. The Kier molecular flexibility index (Phi) is 5.50. The fourth-order valence-corrected chi connectivity index (χ4v) is 3.93. The third-order valence-electron chi connectivity index (χ3n) is 3.94. The number of hydrogen-bond donors (Lipinski definition) is 2. The predicted octanol–water partition coefficient (Wildman–Crippen LogP) is 4.60. The number of carbonyl (C=O) groups excluding carboxylic acids is 2. The van der Waals surface area contributed by atoms with Crippen LogP contribution in [0.5, 0.6) is 0 Å². The van der Waals surface area contributed by atoms with Crippen molar-refractivity contribution in [1.82, 2.24) is 9.97 Å². The van der Waals surface area contributed by atoms with Gasteiger partial charge in [-0.25, -0.2) is 9.97 Å². The number of nitrogens with zero attached hydrogens (tertiary/aromatic N) is 2. The second kappa shape index (κ2) is 8.38. The minimum Gasteiger partial charge on any atom is -0.459 e. The number of aryl methyl sites for hydroxylation is 1. The van der Waals surface area contributed by atoms with E-state index >= 15 is 0 Å². The zero-order valence-electron chi connectivity index (χ0n) is 15.3. The summed E-state index contributed by atoms with van der Waals surface area (Å²) in [7, 11) is 0. The zero-order valence-corrected chi connectivity index (χ0v) is 17.0. The minimum absolute atomic E-state index is 0.111. The topological polar surface area (TPSA) is 97.1 Å². The number of furan rings is 1. The number of aromatic nitrogens is 2. The third kappa shape index (κ3) is 4.76. The molecule has 1 aromatic carbocycles. The predicted molar refractivity (Wildman–Crippen MR) is 113 cm³/mol. The molecule has 0 spiro atoms. The summed E-state index contributed by atoms with van der Waals surface area (Å²) in [4.78, 5) is 33.0. The molecular formula is C20H16N4O3S2. The van der Waals surface area contributed by atoms with Gasteiger partial charge < -0.3 is 9.73 Å². The van der Waals surface area contributed by atoms with E-state index in [9.17, 15) is 9.59 Å². The summed E-state index contributed by atoms with van der Waals surface area (Å²) in [5.41, 5.74) is 3.21. The van der Waals surface area contributed by atoms with Crippen LogP contribution in [0.15, 0.2) is 57.8 Å². The second-order valence-electron chi connectivity index (χ2n) is 6.13. The summed E-state index contributed by atoms with van der Waals surface area (Å²) >= 11 is 2.86. The number of nitrogens with one attached hydrogen (secondary N) is 2. The van der Waals surface area contributed by atoms with E-state index in [0.29, 0.717) is 16.5 Å². The van der Waals surface area contributed by atoms with E-state index in [0.717, 1.165) is 16.3 Å². The first-order chi connectivity index (χ1) is 14.1. The van der Waals surface area contributed by atoms with Crippen LogP contribution in [0.25, 0.3) is 11.3 Å². The maximum Gasteiger partial charge on any atom is 0.293 e. The van der Waals surface area contributed by atoms with Gasteiger partial charge in [0.2, 0.25) is 5.91 Å². The molecule has 4 rings (SSSR count). The van der Waals surface area contributed by atoms with Crippen molar-refractivity contribution in [3.8, 4) is 11.3 Å². The maximum atomic E-state index is 12.3. The normalized spacial score (nSPS) is 10.7. The molecule has 0 aliphatic rings. The number of carbonyl (C=O) groups is 2. The number of anilines is 2. The Morgan fingerprint density at radius 1 is 1.03 bits per heavy atom. The molecule has 29 heavy (non-hydrogen) atoms. The van der Waals surface area contributed by atoms with Crippen molar-refractivity contribution < 1.29 is 14.0 Å². The lowest BCUT2D eigenvalue weighted by Crippen LogP contribution is -2.15. The number of benzene rings is 1. The molecule has 4 aromatic rings. The van der Waals surface area contributed by atoms with E-state index in [1.54, 1.807) is 28.8 Å². The van der Waals surface area contributed by atoms with Crippen LogP contribution < -0.4 is 10.6 Å². The molecule has 0 unspecified atom stereocenters. The van der Waals surface area contributed by atoms with Crippen LogP contribution in [0.1, 0.15) is 21.3 Å². The number of thiazole rings is 2. The van der Waals surface area contributed by atoms with Crippen molar-refractivity contribution in [2.24, 2.45) is 0 Å². The van der Waals surface area contributed by atoms with E-state index in [1.165, 1.54) is 17.6 Å². The number of hydrogen-bond acceptors (Lipinski definition) is 7. The van der Waals surface area contributed by atoms with Gasteiger partial charge in [-0.15, -0.1) is 22.7 Å². The standard InChI is InChI=1S/C20H16N4O3S2/c1-12-21-16(11-28-12)13-4-6-14(7-5-13)22-18(25)9-15-10-29-20(23-15)24-19(26)17-3-2-8-27-17/h2-8,10-11H,9H2,1H3,(H,22,25)(H,23,24,26). The molecule has 9 heteroatoms. The number of rotatable bonds is 6. The molecule has 146 valence electrons. The molecule has 0 saturated heterocycles. The van der Waals surface area contributed by atoms with E-state index in [-0.39, 0.29) is 24.0 Å². The third-order valence-corrected chi connectivity index (χ3v) is 5.52. The van der Waals surface area contributed by atoms with E-state index in [4.69, 9.17) is 4.42 Å². The quantitative estimate of drug-likeness (QED) is 0.471. The van der Waals surface area contributed by atoms with Gasteiger partial charge in [0, 0.05) is 22.0 Å². The van der Waals surface area contributed by atoms with Gasteiger partial charge >= 0.3 is 0 Å². The summed E-state index contributed by atoms with van der Waals surface area (Å²) in [6, 6.07) is 10.7. The highest BCUT2D eigenvalue weighted by molar-refractivity contribution is 7.14. The summed E-state index contributed by atoms with van der Waals surface area (Å²) < 4.78 is 5.04. The molecule has 3 aromatic heterocycles. The van der Waals surface area contributed by atoms with Crippen LogP contribution in [-0.2, 0) is 11.2 Å². The molecule has 2 amide bonds. The molecule has 7 nitrogen and oxygen atoms in total. The van der Waals surface area contributed by atoms with Crippen LogP contribution in [0.2, 0.25) is 0 Å². The van der Waals surface area contributed by atoms with E-state index in [1.807, 2.05) is 36.6 Å². The molecule has 0 saturated carbocycles. The van der Waals surface area contributed by atoms with Crippen molar-refractivity contribution in [2.45, 2.75) is 13.3 Å². The summed E-state index contributed by atoms with van der Waals surface area (Å²) in [5.74, 6) is -0.358. The van der Waals surface area contributed by atoms with Gasteiger partial charge in [0.05, 0.1) is 29.1 Å². The fraction of sp³-hybridized carbons (Fsp3) is 0.100. The lowest BCUT2D eigenvalue weighted by molar-refractivity contribution is -0.115. The summed E-state index contributed by atoms with van der Waals surface area (Å²) in [5, 5.41) is 10.7. The molecule has 0 radical (unpaired) electrons. The Hall–Kier alpha value is -3.30. The van der Waals surface area contributed by atoms with Crippen LogP contribution in [0.4, 0.5) is 10.8 Å². The van der Waals surface area contributed by atoms with Gasteiger partial charge in [-0.05, 0) is 31.2 Å². The van der Waals surface area contributed by atoms with Crippen molar-refractivity contribution >= 4 is 45.3 Å². The van der Waals surface area contributed by atoms with Crippen LogP contribution in [-0.4, -0.2) is 21.8 Å². The van der Waals surface area contributed by atoms with Gasteiger partial charge in [0.25, 0.3) is 5.91 Å². The molecule has 0 fully saturated rings. The van der Waals surface area contributed by atoms with Crippen molar-refractivity contribution in [3.63, 3.8) is 0 Å². The Labute approximate surface area is 174 Å². The second-order valence-corrected chi connectivity index (χ2v) is 8.05. The van der Waals surface area contributed by atoms with Gasteiger partial charge in [0.15, 0.2) is 10.9 Å². The first-order valence-electron chi connectivity index (χ1n) is 8.68. The fourth-order valence-electron chi connectivity index (χ4n) is 2.60. The van der Waals surface area contributed by atoms with Crippen molar-refractivity contribution in [3.05, 3.63) is 69.9 Å². The van der Waals surface area contributed by atoms with Gasteiger partial charge in [0.1, 0.15) is 0 Å². The highest BCUT2D eigenvalue weighted by Crippen LogP contribution is 2.23. The molecule has 0 aliphatic heterocycles. The summed E-state index contributed by atoms with van der Waals surface area (Å²) in [6.45, 7) is 1.97. The lowest BCUT2D eigenvalue weighted by Gasteiger charge is -2.05. The zero-order chi connectivity index (χ0) is 20.2. The van der Waals surface area contributed by atoms with Crippen molar-refractivity contribution in [2.75, 3.05) is 10.6 Å². The Bertz CT molecular complexity index is 1130. The Morgan fingerprint density at radius 3 is 2.55 bits per heavy atom. The van der Waals surface area contributed by atoms with Gasteiger partial charge in [-0.3, -0.25) is 14.9 Å². The van der Waals surface area contributed by atoms with Crippen molar-refractivity contribution in [1.29, 1.82) is 0 Å². The first-order valence-corrected chi connectivity index (χ1v) is 10.4. The van der Waals surface area contributed by atoms with Gasteiger partial charge in [-0.1, -0.05) is 12.1 Å². The van der Waals surface area contributed by atoms with E-state index in [2.05, 4.69) is 20.6 Å². The van der Waals surface area contributed by atoms with Gasteiger partial charge in [-0.2, -0.15) is 0 Å². The lowest BCUT2D eigenvalue weighted by atomic mass is 10.1. The first kappa shape index (κ1) is 19.0. The monoisotopic (exact) mass is 424 g/mol. The molecule has 2 N–H and O–H groups in total. The number of amides is 2. The molecule has 0 aliphatic carbocycles. The average molecular weight is 425 g/mol. The molecule has 0 atom stereocenters. The van der Waals surface area contributed by atoms with Crippen LogP contribution in [0, 0.1) is 6.92 Å². The highest BCUT2D eigenvalue weighted by atomic mass is 32.1. The summed E-state index contributed by atoms with van der Waals surface area (Å²) in [6.07, 6.45) is 1.54. The van der Waals surface area contributed by atoms with Crippen LogP contribution in [0.3, 0.4) is 0 Å². The Morgan fingerprint density at radius 2 is 1.86 bits per heavy atom.